The Balaban J connectivity index is 1.70. The van der Waals surface area contributed by atoms with E-state index in [4.69, 9.17) is 11.6 Å². The molecule has 2 aliphatic rings. The van der Waals surface area contributed by atoms with Gasteiger partial charge in [-0.1, -0.05) is 11.6 Å². The van der Waals surface area contributed by atoms with Crippen molar-refractivity contribution in [2.75, 3.05) is 24.5 Å². The summed E-state index contributed by atoms with van der Waals surface area (Å²) < 4.78 is 0. The first kappa shape index (κ1) is 16.8. The van der Waals surface area contributed by atoms with Gasteiger partial charge in [0.2, 0.25) is 11.8 Å². The van der Waals surface area contributed by atoms with Crippen molar-refractivity contribution in [2.45, 2.75) is 19.8 Å². The maximum Gasteiger partial charge on any atom is 0.311 e. The number of carbonyl (C=O) groups is 3. The van der Waals surface area contributed by atoms with Gasteiger partial charge in [-0.15, -0.1) is 0 Å². The molecule has 0 aromatic heterocycles. The third-order valence-electron chi connectivity index (χ3n) is 4.94. The van der Waals surface area contributed by atoms with Crippen molar-refractivity contribution in [3.05, 3.63) is 29.3 Å². The Labute approximate surface area is 145 Å². The van der Waals surface area contributed by atoms with Gasteiger partial charge in [0.15, 0.2) is 0 Å². The van der Waals surface area contributed by atoms with Crippen LogP contribution in [0.3, 0.4) is 0 Å². The molecular formula is C17H19ClN2O4. The minimum atomic E-state index is -0.923. The molecule has 1 aromatic rings. The standard InChI is InChI=1S/C17H19ClN2O4/c1-17(16(23)24)7-9-19(10-17)14(21)13-6-8-20(15(13)22)12-4-2-11(18)3-5-12/h2-5,13H,6-10H2,1H3,(H,23,24)/t13-,17-/m1/s1. The molecule has 0 saturated carbocycles. The average molecular weight is 351 g/mol. The highest BCUT2D eigenvalue weighted by atomic mass is 35.5. The van der Waals surface area contributed by atoms with Crippen LogP contribution >= 0.6 is 11.6 Å². The molecule has 24 heavy (non-hydrogen) atoms. The summed E-state index contributed by atoms with van der Waals surface area (Å²) in [6, 6.07) is 6.92. The van der Waals surface area contributed by atoms with Crippen molar-refractivity contribution in [3.63, 3.8) is 0 Å². The first-order chi connectivity index (χ1) is 11.3. The van der Waals surface area contributed by atoms with Gasteiger partial charge in [-0.3, -0.25) is 14.4 Å². The van der Waals surface area contributed by atoms with E-state index in [9.17, 15) is 19.5 Å². The summed E-state index contributed by atoms with van der Waals surface area (Å²) in [6.07, 6.45) is 0.858. The van der Waals surface area contributed by atoms with Gasteiger partial charge in [0.25, 0.3) is 0 Å². The van der Waals surface area contributed by atoms with Crippen LogP contribution in [-0.4, -0.2) is 47.4 Å². The van der Waals surface area contributed by atoms with Crippen LogP contribution in [0, 0.1) is 11.3 Å². The normalized spacial score (nSPS) is 26.9. The zero-order chi connectivity index (χ0) is 17.5. The van der Waals surface area contributed by atoms with Gasteiger partial charge in [0, 0.05) is 30.3 Å². The zero-order valence-electron chi connectivity index (χ0n) is 13.4. The SMILES string of the molecule is C[C@@]1(C(=O)O)CCN(C(=O)[C@H]2CCN(c3ccc(Cl)cc3)C2=O)C1. The van der Waals surface area contributed by atoms with Gasteiger partial charge in [0.1, 0.15) is 5.92 Å². The number of hydrogen-bond acceptors (Lipinski definition) is 3. The topological polar surface area (TPSA) is 77.9 Å². The maximum atomic E-state index is 12.7. The highest BCUT2D eigenvalue weighted by Crippen LogP contribution is 2.33. The summed E-state index contributed by atoms with van der Waals surface area (Å²) >= 11 is 5.86. The number of carboxylic acids is 1. The van der Waals surface area contributed by atoms with Crippen LogP contribution in [0.1, 0.15) is 19.8 Å². The number of hydrogen-bond donors (Lipinski definition) is 1. The van der Waals surface area contributed by atoms with Crippen LogP contribution in [0.2, 0.25) is 5.02 Å². The van der Waals surface area contributed by atoms with Crippen molar-refractivity contribution in [3.8, 4) is 0 Å². The Hall–Kier alpha value is -2.08. The smallest absolute Gasteiger partial charge is 0.311 e. The second-order valence-corrected chi connectivity index (χ2v) is 7.12. The van der Waals surface area contributed by atoms with Crippen LogP contribution in [0.15, 0.2) is 24.3 Å². The molecule has 0 unspecified atom stereocenters. The lowest BCUT2D eigenvalue weighted by molar-refractivity contribution is -0.147. The number of carbonyl (C=O) groups excluding carboxylic acids is 2. The van der Waals surface area contributed by atoms with Gasteiger partial charge in [0.05, 0.1) is 5.41 Å². The third-order valence-corrected chi connectivity index (χ3v) is 5.20. The molecule has 0 spiro atoms. The van der Waals surface area contributed by atoms with Crippen molar-refractivity contribution >= 4 is 35.1 Å². The minimum absolute atomic E-state index is 0.159. The molecule has 2 amide bonds. The lowest BCUT2D eigenvalue weighted by Gasteiger charge is -2.22. The summed E-state index contributed by atoms with van der Waals surface area (Å²) in [4.78, 5) is 39.7. The molecule has 0 radical (unpaired) electrons. The fourth-order valence-corrected chi connectivity index (χ4v) is 3.46. The van der Waals surface area contributed by atoms with Gasteiger partial charge in [-0.2, -0.15) is 0 Å². The van der Waals surface area contributed by atoms with Crippen LogP contribution in [0.5, 0.6) is 0 Å². The van der Waals surface area contributed by atoms with E-state index >= 15 is 0 Å². The molecule has 2 atom stereocenters. The molecule has 6 nitrogen and oxygen atoms in total. The Morgan fingerprint density at radius 1 is 1.25 bits per heavy atom. The van der Waals surface area contributed by atoms with E-state index in [0.717, 1.165) is 5.69 Å². The van der Waals surface area contributed by atoms with Gasteiger partial charge in [-0.05, 0) is 44.0 Å². The lowest BCUT2D eigenvalue weighted by Crippen LogP contribution is -2.41. The quantitative estimate of drug-likeness (QED) is 0.846. The molecule has 0 aliphatic carbocycles. The van der Waals surface area contributed by atoms with Gasteiger partial charge in [-0.25, -0.2) is 0 Å². The first-order valence-corrected chi connectivity index (χ1v) is 8.29. The summed E-state index contributed by atoms with van der Waals surface area (Å²) in [6.45, 7) is 2.65. The Morgan fingerprint density at radius 3 is 2.50 bits per heavy atom. The first-order valence-electron chi connectivity index (χ1n) is 7.91. The summed E-state index contributed by atoms with van der Waals surface area (Å²) in [5.74, 6) is -2.12. The monoisotopic (exact) mass is 350 g/mol. The minimum Gasteiger partial charge on any atom is -0.481 e. The Morgan fingerprint density at radius 2 is 1.92 bits per heavy atom. The third kappa shape index (κ3) is 2.86. The second-order valence-electron chi connectivity index (χ2n) is 6.68. The molecule has 0 bridgehead atoms. The van der Waals surface area contributed by atoms with E-state index in [1.807, 2.05) is 0 Å². The van der Waals surface area contributed by atoms with E-state index in [1.165, 1.54) is 4.90 Å². The number of amides is 2. The number of nitrogens with zero attached hydrogens (tertiary/aromatic N) is 2. The molecular weight excluding hydrogens is 332 g/mol. The maximum absolute atomic E-state index is 12.7. The Bertz CT molecular complexity index is 690. The average Bonchev–Trinajstić information content (AvgIpc) is 3.12. The van der Waals surface area contributed by atoms with Gasteiger partial charge >= 0.3 is 5.97 Å². The molecule has 2 fully saturated rings. The fraction of sp³-hybridized carbons (Fsp3) is 0.471. The number of benzene rings is 1. The predicted molar refractivity (Wildman–Crippen MR) is 88.9 cm³/mol. The molecule has 128 valence electrons. The van der Waals surface area contributed by atoms with Crippen LogP contribution in [0.4, 0.5) is 5.69 Å². The van der Waals surface area contributed by atoms with Crippen molar-refractivity contribution < 1.29 is 19.5 Å². The number of rotatable bonds is 3. The van der Waals surface area contributed by atoms with Crippen LogP contribution < -0.4 is 4.90 Å². The van der Waals surface area contributed by atoms with Gasteiger partial charge < -0.3 is 14.9 Å². The largest absolute Gasteiger partial charge is 0.481 e. The van der Waals surface area contributed by atoms with E-state index in [0.29, 0.717) is 31.0 Å². The van der Waals surface area contributed by atoms with E-state index in [2.05, 4.69) is 0 Å². The zero-order valence-corrected chi connectivity index (χ0v) is 14.1. The summed E-state index contributed by atoms with van der Waals surface area (Å²) in [7, 11) is 0. The molecule has 1 aromatic carbocycles. The van der Waals surface area contributed by atoms with Crippen LogP contribution in [0.25, 0.3) is 0 Å². The summed E-state index contributed by atoms with van der Waals surface area (Å²) in [5, 5.41) is 9.86. The van der Waals surface area contributed by atoms with Crippen LogP contribution in [-0.2, 0) is 14.4 Å². The Kier molecular flexibility index (Phi) is 4.25. The summed E-state index contributed by atoms with van der Waals surface area (Å²) in [5.41, 5.74) is -0.204. The number of anilines is 1. The second kappa shape index (κ2) is 6.09. The van der Waals surface area contributed by atoms with Crippen molar-refractivity contribution in [2.24, 2.45) is 11.3 Å². The lowest BCUT2D eigenvalue weighted by atomic mass is 9.90. The molecule has 2 aliphatic heterocycles. The van der Waals surface area contributed by atoms with E-state index in [1.54, 1.807) is 36.1 Å². The fourth-order valence-electron chi connectivity index (χ4n) is 3.33. The number of aliphatic carboxylic acids is 1. The number of likely N-dealkylation sites (tertiary alicyclic amines) is 1. The molecule has 3 rings (SSSR count). The number of halogens is 1. The highest BCUT2D eigenvalue weighted by Gasteiger charge is 2.46. The van der Waals surface area contributed by atoms with E-state index < -0.39 is 17.3 Å². The highest BCUT2D eigenvalue weighted by molar-refractivity contribution is 6.30. The molecule has 2 heterocycles. The molecule has 2 saturated heterocycles. The van der Waals surface area contributed by atoms with Crippen molar-refractivity contribution in [1.82, 2.24) is 4.90 Å². The van der Waals surface area contributed by atoms with Crippen molar-refractivity contribution in [1.29, 1.82) is 0 Å². The number of carboxylic acid groups (broad SMARTS) is 1. The molecule has 7 heteroatoms. The van der Waals surface area contributed by atoms with E-state index in [-0.39, 0.29) is 18.4 Å². The predicted octanol–water partition coefficient (Wildman–Crippen LogP) is 2.02. The molecule has 1 N–H and O–H groups in total.